The average molecular weight is 411 g/mol. The van der Waals surface area contributed by atoms with Crippen LogP contribution in [0.2, 0.25) is 0 Å². The summed E-state index contributed by atoms with van der Waals surface area (Å²) in [7, 11) is 0. The molecule has 0 unspecified atom stereocenters. The summed E-state index contributed by atoms with van der Waals surface area (Å²) < 4.78 is 6.79. The second-order valence-electron chi connectivity index (χ2n) is 7.49. The minimum absolute atomic E-state index is 0.0421. The quantitative estimate of drug-likeness (QED) is 0.767. The molecule has 0 aliphatic heterocycles. The summed E-state index contributed by atoms with van der Waals surface area (Å²) in [5, 5.41) is 3.34. The molecule has 0 spiro atoms. The molecule has 1 aromatic carbocycles. The Hall–Kier alpha value is -0.780. The summed E-state index contributed by atoms with van der Waals surface area (Å²) in [4.78, 5) is 12.3. The van der Waals surface area contributed by atoms with E-state index in [1.54, 1.807) is 0 Å². The summed E-state index contributed by atoms with van der Waals surface area (Å²) in [6.07, 6.45) is 7.76. The Labute approximate surface area is 145 Å². The lowest BCUT2D eigenvalue weighted by molar-refractivity contribution is -0.128. The molecular formula is C18H22INO2. The van der Waals surface area contributed by atoms with E-state index in [1.165, 1.54) is 42.1 Å². The number of halogens is 1. The van der Waals surface area contributed by atoms with Gasteiger partial charge in [-0.15, -0.1) is 0 Å². The van der Waals surface area contributed by atoms with Gasteiger partial charge in [0.25, 0.3) is 5.91 Å². The van der Waals surface area contributed by atoms with Gasteiger partial charge in [0.15, 0.2) is 6.61 Å². The Balaban J connectivity index is 1.35. The highest BCUT2D eigenvalue weighted by atomic mass is 127. The third kappa shape index (κ3) is 2.99. The number of rotatable bonds is 4. The third-order valence-corrected chi connectivity index (χ3v) is 6.35. The first-order valence-corrected chi connectivity index (χ1v) is 9.37. The van der Waals surface area contributed by atoms with Gasteiger partial charge in [0.1, 0.15) is 5.75 Å². The molecule has 0 radical (unpaired) electrons. The summed E-state index contributed by atoms with van der Waals surface area (Å²) in [6.45, 7) is 0.127. The second kappa shape index (κ2) is 5.69. The molecule has 4 bridgehead atoms. The lowest BCUT2D eigenvalue weighted by atomic mass is 9.53. The van der Waals surface area contributed by atoms with Crippen molar-refractivity contribution < 1.29 is 9.53 Å². The predicted molar refractivity (Wildman–Crippen MR) is 93.7 cm³/mol. The highest BCUT2D eigenvalue weighted by Gasteiger charge is 2.51. The van der Waals surface area contributed by atoms with E-state index in [4.69, 9.17) is 4.74 Å². The second-order valence-corrected chi connectivity index (χ2v) is 8.73. The molecule has 1 amide bonds. The van der Waals surface area contributed by atoms with Crippen LogP contribution in [0.15, 0.2) is 24.3 Å². The van der Waals surface area contributed by atoms with Crippen molar-refractivity contribution in [3.05, 3.63) is 27.8 Å². The first-order chi connectivity index (χ1) is 10.6. The Morgan fingerprint density at radius 3 is 2.18 bits per heavy atom. The molecule has 4 saturated carbocycles. The van der Waals surface area contributed by atoms with Crippen LogP contribution in [0.4, 0.5) is 0 Å². The molecule has 3 nitrogen and oxygen atoms in total. The van der Waals surface area contributed by atoms with Gasteiger partial charge in [-0.25, -0.2) is 0 Å². The summed E-state index contributed by atoms with van der Waals surface area (Å²) in [6, 6.07) is 7.82. The number of nitrogens with one attached hydrogen (secondary N) is 1. The molecule has 4 fully saturated rings. The third-order valence-electron chi connectivity index (χ3n) is 5.63. The molecule has 1 aromatic rings. The van der Waals surface area contributed by atoms with Crippen molar-refractivity contribution in [2.75, 3.05) is 6.61 Å². The lowest BCUT2D eigenvalue weighted by Crippen LogP contribution is -2.60. The number of amides is 1. The number of carbonyl (C=O) groups excluding carboxylic acids is 1. The van der Waals surface area contributed by atoms with E-state index in [0.29, 0.717) is 0 Å². The Bertz CT molecular complexity index is 534. The lowest BCUT2D eigenvalue weighted by Gasteiger charge is -2.56. The maximum absolute atomic E-state index is 12.3. The fourth-order valence-electron chi connectivity index (χ4n) is 5.28. The zero-order chi connectivity index (χ0) is 15.2. The standard InChI is InChI=1S/C18H22INO2/c19-15-1-3-16(4-2-15)22-11-17(21)20-18-8-12-5-13(9-18)7-14(6-12)10-18/h1-4,12-14H,5-11H2,(H,20,21). The van der Waals surface area contributed by atoms with E-state index in [-0.39, 0.29) is 18.1 Å². The Morgan fingerprint density at radius 2 is 1.64 bits per heavy atom. The van der Waals surface area contributed by atoms with E-state index < -0.39 is 0 Å². The highest BCUT2D eigenvalue weighted by Crippen LogP contribution is 2.55. The molecule has 118 valence electrons. The molecular weight excluding hydrogens is 389 g/mol. The molecule has 0 heterocycles. The SMILES string of the molecule is O=C(COc1ccc(I)cc1)NC12CC3CC(CC(C3)C1)C2. The first-order valence-electron chi connectivity index (χ1n) is 8.30. The largest absolute Gasteiger partial charge is 0.484 e. The maximum atomic E-state index is 12.3. The van der Waals surface area contributed by atoms with E-state index in [0.717, 1.165) is 23.5 Å². The minimum Gasteiger partial charge on any atom is -0.484 e. The molecule has 0 atom stereocenters. The number of hydrogen-bond acceptors (Lipinski definition) is 2. The molecule has 4 heteroatoms. The number of benzene rings is 1. The van der Waals surface area contributed by atoms with Gasteiger partial charge in [-0.2, -0.15) is 0 Å². The maximum Gasteiger partial charge on any atom is 0.258 e. The Kier molecular flexibility index (Phi) is 3.83. The fourth-order valence-corrected chi connectivity index (χ4v) is 5.63. The van der Waals surface area contributed by atoms with Gasteiger partial charge in [0.2, 0.25) is 0 Å². The summed E-state index contributed by atoms with van der Waals surface area (Å²) in [5.41, 5.74) is 0.0846. The van der Waals surface area contributed by atoms with Gasteiger partial charge in [-0.3, -0.25) is 4.79 Å². The van der Waals surface area contributed by atoms with Crippen LogP contribution in [0.3, 0.4) is 0 Å². The normalized spacial score (nSPS) is 35.4. The smallest absolute Gasteiger partial charge is 0.258 e. The molecule has 0 saturated heterocycles. The highest BCUT2D eigenvalue weighted by molar-refractivity contribution is 14.1. The first kappa shape index (κ1) is 14.8. The van der Waals surface area contributed by atoms with Crippen molar-refractivity contribution in [1.82, 2.24) is 5.32 Å². The van der Waals surface area contributed by atoms with Gasteiger partial charge >= 0.3 is 0 Å². The molecule has 22 heavy (non-hydrogen) atoms. The molecule has 4 aliphatic carbocycles. The Morgan fingerprint density at radius 1 is 1.09 bits per heavy atom. The van der Waals surface area contributed by atoms with E-state index in [1.807, 2.05) is 24.3 Å². The molecule has 4 aliphatic rings. The number of ether oxygens (including phenoxy) is 1. The van der Waals surface area contributed by atoms with Crippen molar-refractivity contribution in [2.24, 2.45) is 17.8 Å². The van der Waals surface area contributed by atoms with Crippen molar-refractivity contribution in [3.63, 3.8) is 0 Å². The van der Waals surface area contributed by atoms with Crippen molar-refractivity contribution in [2.45, 2.75) is 44.1 Å². The average Bonchev–Trinajstić information content (AvgIpc) is 2.44. The predicted octanol–water partition coefficient (Wildman–Crippen LogP) is 3.76. The van der Waals surface area contributed by atoms with Gasteiger partial charge in [0.05, 0.1) is 0 Å². The molecule has 0 aromatic heterocycles. The number of carbonyl (C=O) groups is 1. The zero-order valence-corrected chi connectivity index (χ0v) is 14.8. The number of hydrogen-bond donors (Lipinski definition) is 1. The summed E-state index contributed by atoms with van der Waals surface area (Å²) in [5.74, 6) is 3.36. The van der Waals surface area contributed by atoms with Crippen LogP contribution in [-0.2, 0) is 4.79 Å². The monoisotopic (exact) mass is 411 g/mol. The van der Waals surface area contributed by atoms with Gasteiger partial charge < -0.3 is 10.1 Å². The summed E-state index contributed by atoms with van der Waals surface area (Å²) >= 11 is 2.26. The van der Waals surface area contributed by atoms with Crippen LogP contribution in [0.1, 0.15) is 38.5 Å². The van der Waals surface area contributed by atoms with Crippen LogP contribution >= 0.6 is 22.6 Å². The van der Waals surface area contributed by atoms with E-state index >= 15 is 0 Å². The molecule has 5 rings (SSSR count). The van der Waals surface area contributed by atoms with Gasteiger partial charge in [-0.1, -0.05) is 0 Å². The van der Waals surface area contributed by atoms with Crippen LogP contribution in [-0.4, -0.2) is 18.1 Å². The van der Waals surface area contributed by atoms with Gasteiger partial charge in [-0.05, 0) is 103 Å². The zero-order valence-electron chi connectivity index (χ0n) is 12.7. The van der Waals surface area contributed by atoms with Crippen molar-refractivity contribution in [1.29, 1.82) is 0 Å². The van der Waals surface area contributed by atoms with E-state index in [2.05, 4.69) is 27.9 Å². The van der Waals surface area contributed by atoms with Crippen LogP contribution in [0.5, 0.6) is 5.75 Å². The van der Waals surface area contributed by atoms with Crippen LogP contribution in [0.25, 0.3) is 0 Å². The van der Waals surface area contributed by atoms with Crippen LogP contribution < -0.4 is 10.1 Å². The van der Waals surface area contributed by atoms with Crippen molar-refractivity contribution in [3.8, 4) is 5.75 Å². The molecule has 1 N–H and O–H groups in total. The minimum atomic E-state index is 0.0421. The fraction of sp³-hybridized carbons (Fsp3) is 0.611. The topological polar surface area (TPSA) is 38.3 Å². The van der Waals surface area contributed by atoms with Crippen molar-refractivity contribution >= 4 is 28.5 Å². The van der Waals surface area contributed by atoms with Crippen LogP contribution in [0, 0.1) is 21.3 Å². The van der Waals surface area contributed by atoms with Gasteiger partial charge in [0, 0.05) is 9.11 Å². The van der Waals surface area contributed by atoms with E-state index in [9.17, 15) is 4.79 Å².